The van der Waals surface area contributed by atoms with Gasteiger partial charge in [-0.15, -0.1) is 0 Å². The fraction of sp³-hybridized carbons (Fsp3) is 0.889. The summed E-state index contributed by atoms with van der Waals surface area (Å²) in [7, 11) is 0. The summed E-state index contributed by atoms with van der Waals surface area (Å²) in [5, 5.41) is 3.31. The van der Waals surface area contributed by atoms with Gasteiger partial charge in [-0.25, -0.2) is 0 Å². The number of nitroso groups, excluding NO2 is 1. The molecule has 0 N–H and O–H groups in total. The van der Waals surface area contributed by atoms with E-state index >= 15 is 0 Å². The van der Waals surface area contributed by atoms with Crippen LogP contribution in [0.25, 0.3) is 0 Å². The SMILES string of the molecule is C[C@H]1CCC2C3CC=C4CC(N=O)CCC4C3CCC21. The van der Waals surface area contributed by atoms with Crippen LogP contribution in [-0.4, -0.2) is 6.04 Å². The maximum Gasteiger partial charge on any atom is 0.0957 e. The number of allylic oxidation sites excluding steroid dienone is 1. The van der Waals surface area contributed by atoms with E-state index in [-0.39, 0.29) is 6.04 Å². The lowest BCUT2D eigenvalue weighted by Gasteiger charge is -2.49. The molecule has 20 heavy (non-hydrogen) atoms. The fourth-order valence-corrected chi connectivity index (χ4v) is 6.29. The third-order valence-electron chi connectivity index (χ3n) is 7.25. The Bertz CT molecular complexity index is 429. The molecule has 0 saturated heterocycles. The molecular formula is C18H27NO. The lowest BCUT2D eigenvalue weighted by molar-refractivity contribution is 0.0520. The second-order valence-corrected chi connectivity index (χ2v) is 7.95. The van der Waals surface area contributed by atoms with Crippen molar-refractivity contribution in [1.29, 1.82) is 0 Å². The highest BCUT2D eigenvalue weighted by atomic mass is 16.3. The Morgan fingerprint density at radius 2 is 1.75 bits per heavy atom. The molecule has 2 heteroatoms. The highest BCUT2D eigenvalue weighted by Gasteiger charge is 2.48. The van der Waals surface area contributed by atoms with Crippen LogP contribution in [-0.2, 0) is 0 Å². The lowest BCUT2D eigenvalue weighted by atomic mass is 9.56. The van der Waals surface area contributed by atoms with Gasteiger partial charge in [0.2, 0.25) is 0 Å². The molecule has 0 heterocycles. The highest BCUT2D eigenvalue weighted by Crippen LogP contribution is 2.57. The molecule has 0 bridgehead atoms. The maximum atomic E-state index is 10.8. The Morgan fingerprint density at radius 1 is 0.950 bits per heavy atom. The van der Waals surface area contributed by atoms with E-state index in [1.165, 1.54) is 38.5 Å². The van der Waals surface area contributed by atoms with Gasteiger partial charge in [0.15, 0.2) is 0 Å². The molecule has 0 aromatic rings. The molecule has 0 aromatic carbocycles. The van der Waals surface area contributed by atoms with Crippen molar-refractivity contribution in [3.8, 4) is 0 Å². The predicted molar refractivity (Wildman–Crippen MR) is 81.2 cm³/mol. The van der Waals surface area contributed by atoms with E-state index in [0.29, 0.717) is 0 Å². The summed E-state index contributed by atoms with van der Waals surface area (Å²) >= 11 is 0. The highest BCUT2D eigenvalue weighted by molar-refractivity contribution is 5.19. The number of hydrogen-bond acceptors (Lipinski definition) is 2. The van der Waals surface area contributed by atoms with E-state index < -0.39 is 0 Å². The Hall–Kier alpha value is -0.660. The molecule has 0 amide bonds. The van der Waals surface area contributed by atoms with Gasteiger partial charge in [0, 0.05) is 0 Å². The van der Waals surface area contributed by atoms with Crippen molar-refractivity contribution in [2.24, 2.45) is 40.7 Å². The first-order valence-corrected chi connectivity index (χ1v) is 8.79. The Balaban J connectivity index is 1.57. The van der Waals surface area contributed by atoms with Gasteiger partial charge in [0.05, 0.1) is 6.04 Å². The molecule has 110 valence electrons. The second kappa shape index (κ2) is 4.96. The van der Waals surface area contributed by atoms with Crippen LogP contribution >= 0.6 is 0 Å². The van der Waals surface area contributed by atoms with Gasteiger partial charge in [-0.1, -0.05) is 30.2 Å². The molecule has 6 unspecified atom stereocenters. The van der Waals surface area contributed by atoms with Crippen molar-refractivity contribution >= 4 is 0 Å². The zero-order valence-corrected chi connectivity index (χ0v) is 12.6. The summed E-state index contributed by atoms with van der Waals surface area (Å²) in [4.78, 5) is 10.8. The first-order valence-electron chi connectivity index (χ1n) is 8.79. The van der Waals surface area contributed by atoms with E-state index in [4.69, 9.17) is 0 Å². The molecular weight excluding hydrogens is 246 g/mol. The van der Waals surface area contributed by atoms with Crippen molar-refractivity contribution in [2.75, 3.05) is 0 Å². The van der Waals surface area contributed by atoms with Gasteiger partial charge in [0.25, 0.3) is 0 Å². The predicted octanol–water partition coefficient (Wildman–Crippen LogP) is 4.94. The first-order chi connectivity index (χ1) is 9.78. The standard InChI is InChI=1S/C18H27NO/c1-11-2-5-16-14(11)8-9-17-15-7-4-13(19-20)10-12(15)3-6-18(16)17/h3,11,13-18H,2,4-10H2,1H3/t11-,13?,14?,15?,16?,17?,18?/m0/s1. The maximum absolute atomic E-state index is 10.8. The average Bonchev–Trinajstić information content (AvgIpc) is 2.88. The van der Waals surface area contributed by atoms with Gasteiger partial charge in [0.1, 0.15) is 0 Å². The van der Waals surface area contributed by atoms with Crippen molar-refractivity contribution in [3.63, 3.8) is 0 Å². The molecule has 0 aliphatic heterocycles. The molecule has 4 rings (SSSR count). The number of nitrogens with zero attached hydrogens (tertiary/aromatic N) is 1. The lowest BCUT2D eigenvalue weighted by Crippen LogP contribution is -2.41. The number of hydrogen-bond donors (Lipinski definition) is 0. The van der Waals surface area contributed by atoms with Gasteiger partial charge in [-0.3, -0.25) is 0 Å². The average molecular weight is 273 g/mol. The summed E-state index contributed by atoms with van der Waals surface area (Å²) in [6, 6.07) is 0.0805. The summed E-state index contributed by atoms with van der Waals surface area (Å²) in [5.74, 6) is 5.73. The van der Waals surface area contributed by atoms with Gasteiger partial charge >= 0.3 is 0 Å². The van der Waals surface area contributed by atoms with Crippen LogP contribution < -0.4 is 0 Å². The molecule has 0 radical (unpaired) electrons. The van der Waals surface area contributed by atoms with E-state index in [9.17, 15) is 4.91 Å². The van der Waals surface area contributed by atoms with E-state index in [2.05, 4.69) is 18.2 Å². The summed E-state index contributed by atoms with van der Waals surface area (Å²) in [6.07, 6.45) is 13.0. The van der Waals surface area contributed by atoms with Gasteiger partial charge in [-0.2, -0.15) is 4.91 Å². The van der Waals surface area contributed by atoms with Crippen LogP contribution in [0.2, 0.25) is 0 Å². The van der Waals surface area contributed by atoms with Crippen LogP contribution in [0.4, 0.5) is 0 Å². The monoisotopic (exact) mass is 273 g/mol. The number of rotatable bonds is 1. The van der Waals surface area contributed by atoms with E-state index in [1.54, 1.807) is 5.57 Å². The molecule has 2 nitrogen and oxygen atoms in total. The summed E-state index contributed by atoms with van der Waals surface area (Å²) in [5.41, 5.74) is 1.60. The second-order valence-electron chi connectivity index (χ2n) is 7.95. The third-order valence-corrected chi connectivity index (χ3v) is 7.25. The molecule has 0 spiro atoms. The van der Waals surface area contributed by atoms with Crippen LogP contribution in [0.5, 0.6) is 0 Å². The fourth-order valence-electron chi connectivity index (χ4n) is 6.29. The van der Waals surface area contributed by atoms with Crippen molar-refractivity contribution in [1.82, 2.24) is 0 Å². The van der Waals surface area contributed by atoms with Crippen molar-refractivity contribution < 1.29 is 0 Å². The minimum atomic E-state index is 0.0805. The van der Waals surface area contributed by atoms with Gasteiger partial charge < -0.3 is 0 Å². The zero-order valence-electron chi connectivity index (χ0n) is 12.6. The Morgan fingerprint density at radius 3 is 2.60 bits per heavy atom. The topological polar surface area (TPSA) is 29.4 Å². The van der Waals surface area contributed by atoms with E-state index in [0.717, 1.165) is 48.3 Å². The largest absolute Gasteiger partial charge is 0.151 e. The quantitative estimate of drug-likeness (QED) is 0.491. The summed E-state index contributed by atoms with van der Waals surface area (Å²) in [6.45, 7) is 2.48. The van der Waals surface area contributed by atoms with Crippen LogP contribution in [0.15, 0.2) is 16.8 Å². The van der Waals surface area contributed by atoms with E-state index in [1.807, 2.05) is 0 Å². The molecule has 0 aromatic heterocycles. The minimum Gasteiger partial charge on any atom is -0.151 e. The smallest absolute Gasteiger partial charge is 0.0957 e. The molecule has 4 aliphatic rings. The first kappa shape index (κ1) is 13.0. The van der Waals surface area contributed by atoms with Crippen molar-refractivity contribution in [2.45, 2.75) is 64.3 Å². The third kappa shape index (κ3) is 1.90. The van der Waals surface area contributed by atoms with Crippen LogP contribution in [0, 0.1) is 40.4 Å². The normalized spacial score (nSPS) is 50.6. The Kier molecular flexibility index (Phi) is 3.23. The molecule has 4 aliphatic carbocycles. The minimum absolute atomic E-state index is 0.0805. The molecule has 7 atom stereocenters. The van der Waals surface area contributed by atoms with Crippen LogP contribution in [0.3, 0.4) is 0 Å². The number of fused-ring (bicyclic) bond motifs is 5. The zero-order chi connectivity index (χ0) is 13.7. The van der Waals surface area contributed by atoms with Crippen LogP contribution in [0.1, 0.15) is 58.3 Å². The van der Waals surface area contributed by atoms with Gasteiger partial charge in [-0.05, 0) is 80.5 Å². The summed E-state index contributed by atoms with van der Waals surface area (Å²) < 4.78 is 0. The Labute approximate surface area is 122 Å². The molecule has 3 saturated carbocycles. The van der Waals surface area contributed by atoms with Crippen molar-refractivity contribution in [3.05, 3.63) is 16.6 Å². The molecule has 3 fully saturated rings.